The summed E-state index contributed by atoms with van der Waals surface area (Å²) in [7, 11) is 0. The highest BCUT2D eigenvalue weighted by atomic mass is 16.5. The second-order valence-corrected chi connectivity index (χ2v) is 9.11. The van der Waals surface area contributed by atoms with E-state index >= 15 is 0 Å². The van der Waals surface area contributed by atoms with Gasteiger partial charge < -0.3 is 14.5 Å². The lowest BCUT2D eigenvalue weighted by atomic mass is 9.99. The number of pyridine rings is 1. The normalized spacial score (nSPS) is 20.7. The summed E-state index contributed by atoms with van der Waals surface area (Å²) in [5, 5.41) is 9.12. The van der Waals surface area contributed by atoms with Gasteiger partial charge >= 0.3 is 0 Å². The molecule has 2 saturated heterocycles. The number of carbonyl (C=O) groups excluding carboxylic acids is 1. The Kier molecular flexibility index (Phi) is 5.43. The predicted octanol–water partition coefficient (Wildman–Crippen LogP) is 3.37. The molecule has 3 aromatic rings. The lowest BCUT2D eigenvalue weighted by Crippen LogP contribution is -2.44. The van der Waals surface area contributed by atoms with Crippen molar-refractivity contribution in [2.45, 2.75) is 38.8 Å². The van der Waals surface area contributed by atoms with Crippen LogP contribution in [0.3, 0.4) is 0 Å². The van der Waals surface area contributed by atoms with E-state index < -0.39 is 0 Å². The second kappa shape index (κ2) is 8.73. The minimum absolute atomic E-state index is 0.215. The van der Waals surface area contributed by atoms with Crippen LogP contribution in [0.2, 0.25) is 0 Å². The molecule has 0 unspecified atom stereocenters. The van der Waals surface area contributed by atoms with Gasteiger partial charge in [-0.1, -0.05) is 12.1 Å². The molecular weight excluding hydrogens is 430 g/mol. The summed E-state index contributed by atoms with van der Waals surface area (Å²) >= 11 is 0. The highest BCUT2D eigenvalue weighted by Gasteiger charge is 2.30. The third-order valence-electron chi connectivity index (χ3n) is 6.92. The molecule has 2 N–H and O–H groups in total. The van der Waals surface area contributed by atoms with Crippen LogP contribution in [-0.2, 0) is 16.1 Å². The van der Waals surface area contributed by atoms with E-state index in [2.05, 4.69) is 57.8 Å². The first-order valence-corrected chi connectivity index (χ1v) is 12.0. The van der Waals surface area contributed by atoms with Crippen LogP contribution in [0.1, 0.15) is 31.7 Å². The maximum absolute atomic E-state index is 12.4. The Morgan fingerprint density at radius 2 is 2.00 bits per heavy atom. The number of amides is 1. The van der Waals surface area contributed by atoms with Crippen molar-refractivity contribution in [2.75, 3.05) is 41.1 Å². The van der Waals surface area contributed by atoms with Crippen LogP contribution in [0.25, 0.3) is 11.1 Å². The summed E-state index contributed by atoms with van der Waals surface area (Å²) in [4.78, 5) is 21.7. The molecule has 1 amide bonds. The fourth-order valence-electron chi connectivity index (χ4n) is 5.08. The molecule has 3 aliphatic heterocycles. The van der Waals surface area contributed by atoms with E-state index in [9.17, 15) is 4.79 Å². The first kappa shape index (κ1) is 21.1. The zero-order valence-corrected chi connectivity index (χ0v) is 19.3. The predicted molar refractivity (Wildman–Crippen MR) is 131 cm³/mol. The van der Waals surface area contributed by atoms with E-state index in [-0.39, 0.29) is 11.9 Å². The van der Waals surface area contributed by atoms with Gasteiger partial charge in [0.1, 0.15) is 11.6 Å². The Hall–Kier alpha value is -3.43. The standard InChI is InChI=1S/C25H29N7O2/c1-17-16-34-13-12-30(17)23-14-20(21-15-27-32(25(21)28-23)22-9-10-26-29-22)18-5-7-19(8-6-18)31-11-3-2-4-24(31)33/h5-10,14,17,27H,2-4,11-13,15-16H2,1H3,(H,26,29)/t17-/m1/s1. The molecule has 1 atom stereocenters. The lowest BCUT2D eigenvalue weighted by molar-refractivity contribution is -0.119. The highest BCUT2D eigenvalue weighted by Crippen LogP contribution is 2.39. The Balaban J connectivity index is 1.41. The molecule has 0 spiro atoms. The van der Waals surface area contributed by atoms with E-state index in [1.54, 1.807) is 6.20 Å². The number of ether oxygens (including phenoxy) is 1. The van der Waals surface area contributed by atoms with E-state index in [0.29, 0.717) is 26.2 Å². The first-order valence-electron chi connectivity index (χ1n) is 12.0. The van der Waals surface area contributed by atoms with E-state index in [4.69, 9.17) is 9.72 Å². The number of piperidine rings is 1. The van der Waals surface area contributed by atoms with Crippen LogP contribution in [-0.4, -0.2) is 53.4 Å². The van der Waals surface area contributed by atoms with Crippen LogP contribution < -0.4 is 20.2 Å². The molecule has 0 saturated carbocycles. The number of morpholine rings is 1. The number of hydrogen-bond acceptors (Lipinski definition) is 7. The number of nitrogens with zero attached hydrogens (tertiary/aromatic N) is 5. The van der Waals surface area contributed by atoms with Gasteiger partial charge in [0.15, 0.2) is 5.82 Å². The molecule has 0 aliphatic carbocycles. The number of carbonyl (C=O) groups is 1. The third kappa shape index (κ3) is 3.70. The van der Waals surface area contributed by atoms with E-state index in [0.717, 1.165) is 65.8 Å². The van der Waals surface area contributed by atoms with Gasteiger partial charge in [-0.05, 0) is 49.1 Å². The molecule has 0 radical (unpaired) electrons. The number of H-pyrrole nitrogens is 1. The Morgan fingerprint density at radius 3 is 2.76 bits per heavy atom. The number of nitrogens with one attached hydrogen (secondary N) is 2. The Labute approximate surface area is 198 Å². The summed E-state index contributed by atoms with van der Waals surface area (Å²) in [5.74, 6) is 2.88. The van der Waals surface area contributed by atoms with Gasteiger partial charge in [-0.15, -0.1) is 0 Å². The maximum atomic E-state index is 12.4. The van der Waals surface area contributed by atoms with Crippen molar-refractivity contribution in [2.24, 2.45) is 0 Å². The molecule has 176 valence electrons. The quantitative estimate of drug-likeness (QED) is 0.618. The van der Waals surface area contributed by atoms with Gasteiger partial charge in [0.05, 0.1) is 25.5 Å². The summed E-state index contributed by atoms with van der Waals surface area (Å²) in [5.41, 5.74) is 7.82. The Morgan fingerprint density at radius 1 is 1.12 bits per heavy atom. The van der Waals surface area contributed by atoms with Gasteiger partial charge in [0, 0.05) is 43.4 Å². The average molecular weight is 460 g/mol. The van der Waals surface area contributed by atoms with Crippen LogP contribution in [0.4, 0.5) is 23.1 Å². The smallest absolute Gasteiger partial charge is 0.226 e. The van der Waals surface area contributed by atoms with Crippen molar-refractivity contribution >= 4 is 29.0 Å². The van der Waals surface area contributed by atoms with Crippen molar-refractivity contribution in [3.05, 3.63) is 48.2 Å². The molecule has 6 rings (SSSR count). The first-order chi connectivity index (χ1) is 16.7. The SMILES string of the molecule is C[C@@H]1COCCN1c1cc(-c2ccc(N3CCCCC3=O)cc2)c2c(n1)N(c1ccn[nH]1)NC2. The number of benzene rings is 1. The molecule has 0 bridgehead atoms. The highest BCUT2D eigenvalue weighted by molar-refractivity contribution is 5.94. The average Bonchev–Trinajstić information content (AvgIpc) is 3.54. The monoisotopic (exact) mass is 459 g/mol. The fraction of sp³-hybridized carbons (Fsp3) is 0.400. The van der Waals surface area contributed by atoms with Crippen molar-refractivity contribution in [1.29, 1.82) is 0 Å². The van der Waals surface area contributed by atoms with Crippen molar-refractivity contribution in [3.8, 4) is 11.1 Å². The minimum Gasteiger partial charge on any atom is -0.377 e. The zero-order valence-electron chi connectivity index (χ0n) is 19.3. The maximum Gasteiger partial charge on any atom is 0.226 e. The van der Waals surface area contributed by atoms with Crippen LogP contribution in [0.5, 0.6) is 0 Å². The molecule has 2 fully saturated rings. The van der Waals surface area contributed by atoms with E-state index in [1.165, 1.54) is 0 Å². The van der Waals surface area contributed by atoms with E-state index in [1.807, 2.05) is 16.0 Å². The summed E-state index contributed by atoms with van der Waals surface area (Å²) < 4.78 is 5.66. The zero-order chi connectivity index (χ0) is 23.1. The summed E-state index contributed by atoms with van der Waals surface area (Å²) in [6, 6.07) is 12.7. The fourth-order valence-corrected chi connectivity index (χ4v) is 5.08. The topological polar surface area (TPSA) is 89.6 Å². The van der Waals surface area contributed by atoms with Crippen LogP contribution in [0.15, 0.2) is 42.6 Å². The molecule has 1 aromatic carbocycles. The summed E-state index contributed by atoms with van der Waals surface area (Å²) in [6.07, 6.45) is 4.42. The summed E-state index contributed by atoms with van der Waals surface area (Å²) in [6.45, 7) is 5.82. The van der Waals surface area contributed by atoms with Crippen molar-refractivity contribution < 1.29 is 9.53 Å². The number of aromatic amines is 1. The minimum atomic E-state index is 0.215. The largest absolute Gasteiger partial charge is 0.377 e. The number of fused-ring (bicyclic) bond motifs is 1. The molecule has 9 nitrogen and oxygen atoms in total. The van der Waals surface area contributed by atoms with Gasteiger partial charge in [0.25, 0.3) is 0 Å². The van der Waals surface area contributed by atoms with Crippen LogP contribution in [0, 0.1) is 0 Å². The molecule has 34 heavy (non-hydrogen) atoms. The number of anilines is 4. The lowest BCUT2D eigenvalue weighted by Gasteiger charge is -2.35. The number of hydrazine groups is 1. The van der Waals surface area contributed by atoms with Gasteiger partial charge in [-0.25, -0.2) is 15.4 Å². The van der Waals surface area contributed by atoms with Gasteiger partial charge in [-0.3, -0.25) is 9.89 Å². The molecule has 9 heteroatoms. The molecule has 3 aliphatic rings. The van der Waals surface area contributed by atoms with Crippen molar-refractivity contribution in [3.63, 3.8) is 0 Å². The third-order valence-corrected chi connectivity index (χ3v) is 6.92. The number of rotatable bonds is 4. The molecule has 2 aromatic heterocycles. The molecule has 5 heterocycles. The second-order valence-electron chi connectivity index (χ2n) is 9.11. The van der Waals surface area contributed by atoms with Gasteiger partial charge in [-0.2, -0.15) is 5.10 Å². The number of aromatic nitrogens is 3. The Bertz CT molecular complexity index is 1180. The van der Waals surface area contributed by atoms with Crippen LogP contribution >= 0.6 is 0 Å². The van der Waals surface area contributed by atoms with Crippen molar-refractivity contribution in [1.82, 2.24) is 20.6 Å². The molecular formula is C25H29N7O2. The van der Waals surface area contributed by atoms with Gasteiger partial charge in [0.2, 0.25) is 5.91 Å². The number of hydrogen-bond donors (Lipinski definition) is 2.